The molecule has 1 aromatic rings. The molecule has 0 heterocycles. The molecule has 0 aliphatic carbocycles. The third kappa shape index (κ3) is 11.9. The molecule has 0 aliphatic rings. The van der Waals surface area contributed by atoms with Crippen LogP contribution >= 0.6 is 0 Å². The number of likely N-dealkylation sites (N-methyl/N-ethyl adjacent to an activating group) is 1. The van der Waals surface area contributed by atoms with E-state index >= 15 is 0 Å². The fourth-order valence-electron chi connectivity index (χ4n) is 2.86. The van der Waals surface area contributed by atoms with Crippen LogP contribution in [0.4, 0.5) is 4.79 Å². The van der Waals surface area contributed by atoms with Crippen molar-refractivity contribution < 1.29 is 28.7 Å². The SMILES string of the molecule is CCN(C)C(=O)CNC(=O)CNC(=O)[C@H](C)NC(=O)[C@H](CC(C)C)NC(=O)OCc1ccccc1. The molecule has 0 aromatic heterocycles. The second kappa shape index (κ2) is 15.3. The summed E-state index contributed by atoms with van der Waals surface area (Å²) < 4.78 is 5.19. The predicted octanol–water partition coefficient (Wildman–Crippen LogP) is 0.543. The summed E-state index contributed by atoms with van der Waals surface area (Å²) in [5, 5.41) is 9.93. The lowest BCUT2D eigenvalue weighted by atomic mass is 10.0. The highest BCUT2D eigenvalue weighted by molar-refractivity contribution is 5.93. The van der Waals surface area contributed by atoms with Crippen molar-refractivity contribution in [2.24, 2.45) is 5.92 Å². The molecule has 1 aromatic carbocycles. The first-order chi connectivity index (χ1) is 16.5. The van der Waals surface area contributed by atoms with Crippen LogP contribution in [0, 0.1) is 5.92 Å². The summed E-state index contributed by atoms with van der Waals surface area (Å²) in [4.78, 5) is 62.3. The molecule has 0 radical (unpaired) electrons. The Morgan fingerprint density at radius 3 is 2.17 bits per heavy atom. The number of hydrogen-bond donors (Lipinski definition) is 4. The maximum absolute atomic E-state index is 12.7. The molecule has 2 atom stereocenters. The number of amides is 5. The monoisotopic (exact) mass is 491 g/mol. The van der Waals surface area contributed by atoms with Gasteiger partial charge in [0.15, 0.2) is 0 Å². The highest BCUT2D eigenvalue weighted by atomic mass is 16.5. The average molecular weight is 492 g/mol. The first-order valence-corrected chi connectivity index (χ1v) is 11.6. The summed E-state index contributed by atoms with van der Waals surface area (Å²) in [6.45, 7) is 7.12. The summed E-state index contributed by atoms with van der Waals surface area (Å²) >= 11 is 0. The van der Waals surface area contributed by atoms with Gasteiger partial charge in [-0.25, -0.2) is 4.79 Å². The summed E-state index contributed by atoms with van der Waals surface area (Å²) in [6.07, 6.45) is -0.407. The number of carbonyl (C=O) groups is 5. The standard InChI is InChI=1S/C24H37N5O6/c1-6-29(5)21(31)14-25-20(30)13-26-22(32)17(4)27-23(33)19(12-16(2)3)28-24(34)35-15-18-10-8-7-9-11-18/h7-11,16-17,19H,6,12-15H2,1-5H3,(H,25,30)(H,26,32)(H,27,33)(H,28,34)/t17-,19-/m0/s1. The number of nitrogens with zero attached hydrogens (tertiary/aromatic N) is 1. The fraction of sp³-hybridized carbons (Fsp3) is 0.542. The van der Waals surface area contributed by atoms with E-state index in [1.807, 2.05) is 51.1 Å². The lowest BCUT2D eigenvalue weighted by Gasteiger charge is -2.22. The van der Waals surface area contributed by atoms with E-state index in [-0.39, 0.29) is 31.5 Å². The van der Waals surface area contributed by atoms with Gasteiger partial charge in [0, 0.05) is 13.6 Å². The van der Waals surface area contributed by atoms with Gasteiger partial charge in [-0.2, -0.15) is 0 Å². The van der Waals surface area contributed by atoms with Crippen LogP contribution in [0.1, 0.15) is 39.7 Å². The Bertz CT molecular complexity index is 861. The molecule has 4 N–H and O–H groups in total. The van der Waals surface area contributed by atoms with Crippen LogP contribution in [-0.2, 0) is 30.5 Å². The van der Waals surface area contributed by atoms with Gasteiger partial charge in [0.25, 0.3) is 0 Å². The van der Waals surface area contributed by atoms with Crippen molar-refractivity contribution in [1.82, 2.24) is 26.2 Å². The van der Waals surface area contributed by atoms with Gasteiger partial charge in [0.1, 0.15) is 18.7 Å². The van der Waals surface area contributed by atoms with E-state index in [1.54, 1.807) is 7.05 Å². The van der Waals surface area contributed by atoms with E-state index in [0.717, 1.165) is 5.56 Å². The van der Waals surface area contributed by atoms with E-state index in [4.69, 9.17) is 4.74 Å². The van der Waals surface area contributed by atoms with E-state index in [9.17, 15) is 24.0 Å². The summed E-state index contributed by atoms with van der Waals surface area (Å²) in [7, 11) is 1.62. The van der Waals surface area contributed by atoms with Crippen molar-refractivity contribution >= 4 is 29.7 Å². The van der Waals surface area contributed by atoms with Gasteiger partial charge in [-0.3, -0.25) is 19.2 Å². The minimum absolute atomic E-state index is 0.0594. The Morgan fingerprint density at radius 2 is 1.57 bits per heavy atom. The molecule has 0 unspecified atom stereocenters. The molecule has 0 saturated heterocycles. The number of ether oxygens (including phenoxy) is 1. The second-order valence-corrected chi connectivity index (χ2v) is 8.52. The van der Waals surface area contributed by atoms with Gasteiger partial charge >= 0.3 is 6.09 Å². The first-order valence-electron chi connectivity index (χ1n) is 11.6. The highest BCUT2D eigenvalue weighted by Gasteiger charge is 2.26. The lowest BCUT2D eigenvalue weighted by molar-refractivity contribution is -0.132. The molecule has 5 amide bonds. The summed E-state index contributed by atoms with van der Waals surface area (Å²) in [6, 6.07) is 7.27. The van der Waals surface area contributed by atoms with E-state index < -0.39 is 35.9 Å². The van der Waals surface area contributed by atoms with Crippen LogP contribution in [0.2, 0.25) is 0 Å². The van der Waals surface area contributed by atoms with Gasteiger partial charge in [-0.1, -0.05) is 44.2 Å². The quantitative estimate of drug-likeness (QED) is 0.317. The predicted molar refractivity (Wildman–Crippen MR) is 130 cm³/mol. The van der Waals surface area contributed by atoms with Crippen molar-refractivity contribution in [1.29, 1.82) is 0 Å². The normalized spacial score (nSPS) is 12.2. The Balaban J connectivity index is 2.52. The number of hydrogen-bond acceptors (Lipinski definition) is 6. The number of nitrogens with one attached hydrogen (secondary N) is 4. The Kier molecular flexibility index (Phi) is 12.9. The van der Waals surface area contributed by atoms with Gasteiger partial charge in [-0.15, -0.1) is 0 Å². The number of benzene rings is 1. The Hall–Kier alpha value is -3.63. The van der Waals surface area contributed by atoms with Crippen LogP contribution in [-0.4, -0.2) is 73.4 Å². The molecule has 0 saturated carbocycles. The fourth-order valence-corrected chi connectivity index (χ4v) is 2.86. The van der Waals surface area contributed by atoms with Gasteiger partial charge in [-0.05, 0) is 31.7 Å². The minimum Gasteiger partial charge on any atom is -0.445 e. The van der Waals surface area contributed by atoms with Crippen molar-refractivity contribution in [3.63, 3.8) is 0 Å². The zero-order valence-corrected chi connectivity index (χ0v) is 21.1. The molecule has 0 fully saturated rings. The molecular formula is C24H37N5O6. The molecule has 11 nitrogen and oxygen atoms in total. The van der Waals surface area contributed by atoms with Crippen LogP contribution < -0.4 is 21.3 Å². The summed E-state index contributed by atoms with van der Waals surface area (Å²) in [5.74, 6) is -1.83. The molecule has 0 spiro atoms. The average Bonchev–Trinajstić information content (AvgIpc) is 2.83. The number of carbonyl (C=O) groups excluding carboxylic acids is 5. The maximum Gasteiger partial charge on any atom is 0.408 e. The van der Waals surface area contributed by atoms with Crippen LogP contribution in [0.5, 0.6) is 0 Å². The van der Waals surface area contributed by atoms with Crippen molar-refractivity contribution in [2.75, 3.05) is 26.7 Å². The number of rotatable bonds is 13. The topological polar surface area (TPSA) is 146 Å². The molecule has 194 valence electrons. The molecule has 35 heavy (non-hydrogen) atoms. The smallest absolute Gasteiger partial charge is 0.408 e. The summed E-state index contributed by atoms with van der Waals surface area (Å²) in [5.41, 5.74) is 0.809. The molecule has 0 aliphatic heterocycles. The third-order valence-electron chi connectivity index (χ3n) is 5.04. The highest BCUT2D eigenvalue weighted by Crippen LogP contribution is 2.07. The largest absolute Gasteiger partial charge is 0.445 e. The van der Waals surface area contributed by atoms with Gasteiger partial charge in [0.2, 0.25) is 23.6 Å². The van der Waals surface area contributed by atoms with E-state index in [1.165, 1.54) is 11.8 Å². The Morgan fingerprint density at radius 1 is 0.914 bits per heavy atom. The molecule has 1 rings (SSSR count). The second-order valence-electron chi connectivity index (χ2n) is 8.52. The lowest BCUT2D eigenvalue weighted by Crippen LogP contribution is -2.54. The molecule has 0 bridgehead atoms. The first kappa shape index (κ1) is 29.4. The number of alkyl carbamates (subject to hydrolysis) is 1. The Labute approximate surface area is 206 Å². The van der Waals surface area contributed by atoms with E-state index in [0.29, 0.717) is 13.0 Å². The van der Waals surface area contributed by atoms with Crippen molar-refractivity contribution in [3.05, 3.63) is 35.9 Å². The van der Waals surface area contributed by atoms with Gasteiger partial charge in [0.05, 0.1) is 13.1 Å². The minimum atomic E-state index is -0.958. The zero-order valence-electron chi connectivity index (χ0n) is 21.1. The van der Waals surface area contributed by atoms with Crippen LogP contribution in [0.25, 0.3) is 0 Å². The van der Waals surface area contributed by atoms with Crippen molar-refractivity contribution in [3.8, 4) is 0 Å². The maximum atomic E-state index is 12.7. The van der Waals surface area contributed by atoms with E-state index in [2.05, 4.69) is 21.3 Å². The van der Waals surface area contributed by atoms with Gasteiger partial charge < -0.3 is 30.9 Å². The van der Waals surface area contributed by atoms with Crippen molar-refractivity contribution in [2.45, 2.75) is 52.8 Å². The van der Waals surface area contributed by atoms with Crippen LogP contribution in [0.3, 0.4) is 0 Å². The molecule has 11 heteroatoms. The van der Waals surface area contributed by atoms with Crippen LogP contribution in [0.15, 0.2) is 30.3 Å². The zero-order chi connectivity index (χ0) is 26.4. The third-order valence-corrected chi connectivity index (χ3v) is 5.04. The molecular weight excluding hydrogens is 454 g/mol.